The Morgan fingerprint density at radius 1 is 0.958 bits per heavy atom. The topological polar surface area (TPSA) is 66.4 Å². The van der Waals surface area contributed by atoms with Gasteiger partial charge in [0.1, 0.15) is 0 Å². The van der Waals surface area contributed by atoms with Crippen molar-refractivity contribution in [2.24, 2.45) is 11.8 Å². The molecule has 0 aliphatic heterocycles. The lowest BCUT2D eigenvalue weighted by Crippen LogP contribution is -2.35. The van der Waals surface area contributed by atoms with Gasteiger partial charge in [0.15, 0.2) is 0 Å². The van der Waals surface area contributed by atoms with Gasteiger partial charge in [0.25, 0.3) is 0 Å². The Labute approximate surface area is 141 Å². The minimum Gasteiger partial charge on any atom is -0.481 e. The van der Waals surface area contributed by atoms with Crippen molar-refractivity contribution >= 4 is 22.6 Å². The zero-order valence-electron chi connectivity index (χ0n) is 13.7. The highest BCUT2D eigenvalue weighted by molar-refractivity contribution is 5.85. The maximum Gasteiger partial charge on any atom is 0.306 e. The van der Waals surface area contributed by atoms with Gasteiger partial charge in [0.2, 0.25) is 5.91 Å². The molecule has 4 nitrogen and oxygen atoms in total. The largest absolute Gasteiger partial charge is 0.481 e. The smallest absolute Gasteiger partial charge is 0.306 e. The highest BCUT2D eigenvalue weighted by Gasteiger charge is 2.29. The molecule has 0 unspecified atom stereocenters. The molecule has 0 bridgehead atoms. The number of carboxylic acids is 1. The van der Waals surface area contributed by atoms with Crippen molar-refractivity contribution in [1.29, 1.82) is 0 Å². The molecular formula is C20H23NO3. The van der Waals surface area contributed by atoms with E-state index in [4.69, 9.17) is 5.11 Å². The second-order valence-electron chi connectivity index (χ2n) is 6.57. The van der Waals surface area contributed by atoms with Crippen LogP contribution in [0.2, 0.25) is 0 Å². The van der Waals surface area contributed by atoms with Crippen molar-refractivity contribution in [3.05, 3.63) is 48.0 Å². The second-order valence-corrected chi connectivity index (χ2v) is 6.57. The molecule has 0 radical (unpaired) electrons. The molecular weight excluding hydrogens is 302 g/mol. The molecule has 1 aliphatic rings. The highest BCUT2D eigenvalue weighted by Crippen LogP contribution is 2.29. The third kappa shape index (κ3) is 3.75. The molecule has 0 heterocycles. The van der Waals surface area contributed by atoms with Gasteiger partial charge < -0.3 is 10.4 Å². The summed E-state index contributed by atoms with van der Waals surface area (Å²) >= 11 is 0. The van der Waals surface area contributed by atoms with E-state index in [0.717, 1.165) is 6.42 Å². The van der Waals surface area contributed by atoms with Gasteiger partial charge in [-0.1, -0.05) is 42.5 Å². The van der Waals surface area contributed by atoms with E-state index in [1.54, 1.807) is 0 Å². The van der Waals surface area contributed by atoms with E-state index in [-0.39, 0.29) is 17.7 Å². The minimum atomic E-state index is -0.732. The molecule has 1 fully saturated rings. The van der Waals surface area contributed by atoms with Crippen LogP contribution < -0.4 is 5.32 Å². The molecule has 0 saturated heterocycles. The van der Waals surface area contributed by atoms with Gasteiger partial charge in [-0.3, -0.25) is 9.59 Å². The molecule has 1 aliphatic carbocycles. The number of rotatable bonds is 5. The standard InChI is InChI=1S/C20H23NO3/c22-19(16-8-10-17(11-9-16)20(23)24)21-13-12-15-6-3-5-14-4-1-2-7-18(14)15/h1-7,16-17H,8-13H2,(H,21,22)(H,23,24). The van der Waals surface area contributed by atoms with Gasteiger partial charge in [-0.2, -0.15) is 0 Å². The van der Waals surface area contributed by atoms with E-state index in [1.165, 1.54) is 16.3 Å². The van der Waals surface area contributed by atoms with Gasteiger partial charge in [-0.05, 0) is 48.4 Å². The maximum absolute atomic E-state index is 12.3. The summed E-state index contributed by atoms with van der Waals surface area (Å²) < 4.78 is 0. The van der Waals surface area contributed by atoms with E-state index in [0.29, 0.717) is 32.2 Å². The predicted octanol–water partition coefficient (Wildman–Crippen LogP) is 3.39. The number of carbonyl (C=O) groups excluding carboxylic acids is 1. The molecule has 1 amide bonds. The zero-order chi connectivity index (χ0) is 16.9. The van der Waals surface area contributed by atoms with Crippen molar-refractivity contribution < 1.29 is 14.7 Å². The van der Waals surface area contributed by atoms with E-state index < -0.39 is 5.97 Å². The molecule has 2 N–H and O–H groups in total. The predicted molar refractivity (Wildman–Crippen MR) is 93.7 cm³/mol. The average molecular weight is 325 g/mol. The lowest BCUT2D eigenvalue weighted by molar-refractivity contribution is -0.144. The SMILES string of the molecule is O=C(O)C1CCC(C(=O)NCCc2cccc3ccccc23)CC1. The fourth-order valence-corrected chi connectivity index (χ4v) is 3.58. The third-order valence-electron chi connectivity index (χ3n) is 5.02. The molecule has 1 saturated carbocycles. The number of nitrogens with one attached hydrogen (secondary N) is 1. The van der Waals surface area contributed by atoms with Crippen molar-refractivity contribution in [3.8, 4) is 0 Å². The van der Waals surface area contributed by atoms with Crippen molar-refractivity contribution in [1.82, 2.24) is 5.32 Å². The number of hydrogen-bond donors (Lipinski definition) is 2. The summed E-state index contributed by atoms with van der Waals surface area (Å²) in [6.07, 6.45) is 3.37. The number of aliphatic carboxylic acids is 1. The van der Waals surface area contributed by atoms with Crippen LogP contribution in [-0.2, 0) is 16.0 Å². The van der Waals surface area contributed by atoms with Crippen LogP contribution in [0.25, 0.3) is 10.8 Å². The van der Waals surface area contributed by atoms with Crippen LogP contribution in [0.3, 0.4) is 0 Å². The number of carboxylic acid groups (broad SMARTS) is 1. The van der Waals surface area contributed by atoms with E-state index in [9.17, 15) is 9.59 Å². The Hall–Kier alpha value is -2.36. The first-order valence-corrected chi connectivity index (χ1v) is 8.62. The van der Waals surface area contributed by atoms with Crippen molar-refractivity contribution in [2.75, 3.05) is 6.54 Å². The molecule has 0 aromatic heterocycles. The first kappa shape index (κ1) is 16.5. The molecule has 0 atom stereocenters. The molecule has 24 heavy (non-hydrogen) atoms. The summed E-state index contributed by atoms with van der Waals surface area (Å²) in [6.45, 7) is 0.617. The molecule has 2 aromatic carbocycles. The Morgan fingerprint density at radius 3 is 2.38 bits per heavy atom. The average Bonchev–Trinajstić information content (AvgIpc) is 2.62. The number of carbonyl (C=O) groups is 2. The Kier molecular flexibility index (Phi) is 5.14. The third-order valence-corrected chi connectivity index (χ3v) is 5.02. The molecule has 3 rings (SSSR count). The van der Waals surface area contributed by atoms with Crippen molar-refractivity contribution in [3.63, 3.8) is 0 Å². The number of fused-ring (bicyclic) bond motifs is 1. The number of hydrogen-bond acceptors (Lipinski definition) is 2. The van der Waals surface area contributed by atoms with E-state index >= 15 is 0 Å². The van der Waals surface area contributed by atoms with Crippen LogP contribution in [0.15, 0.2) is 42.5 Å². The summed E-state index contributed by atoms with van der Waals surface area (Å²) in [7, 11) is 0. The highest BCUT2D eigenvalue weighted by atomic mass is 16.4. The molecule has 4 heteroatoms. The van der Waals surface area contributed by atoms with Crippen molar-refractivity contribution in [2.45, 2.75) is 32.1 Å². The van der Waals surface area contributed by atoms with Gasteiger partial charge >= 0.3 is 5.97 Å². The Bertz CT molecular complexity index is 727. The normalized spacial score (nSPS) is 20.7. The summed E-state index contributed by atoms with van der Waals surface area (Å²) in [5.41, 5.74) is 1.24. The van der Waals surface area contributed by atoms with Crippen LogP contribution >= 0.6 is 0 Å². The summed E-state index contributed by atoms with van der Waals surface area (Å²) in [5, 5.41) is 14.5. The Balaban J connectivity index is 1.51. The van der Waals surface area contributed by atoms with Gasteiger partial charge in [-0.15, -0.1) is 0 Å². The monoisotopic (exact) mass is 325 g/mol. The fraction of sp³-hybridized carbons (Fsp3) is 0.400. The molecule has 126 valence electrons. The van der Waals surface area contributed by atoms with Gasteiger partial charge in [0.05, 0.1) is 5.92 Å². The lowest BCUT2D eigenvalue weighted by Gasteiger charge is -2.25. The van der Waals surface area contributed by atoms with E-state index in [2.05, 4.69) is 29.6 Å². The number of amides is 1. The first-order chi connectivity index (χ1) is 11.6. The molecule has 2 aromatic rings. The Morgan fingerprint density at radius 2 is 1.62 bits per heavy atom. The summed E-state index contributed by atoms with van der Waals surface area (Å²) in [5.74, 6) is -0.971. The van der Waals surface area contributed by atoms with Crippen LogP contribution in [-0.4, -0.2) is 23.5 Å². The zero-order valence-corrected chi connectivity index (χ0v) is 13.7. The van der Waals surface area contributed by atoms with Crippen LogP contribution in [0, 0.1) is 11.8 Å². The second kappa shape index (κ2) is 7.47. The lowest BCUT2D eigenvalue weighted by atomic mass is 9.81. The van der Waals surface area contributed by atoms with Gasteiger partial charge in [0, 0.05) is 12.5 Å². The van der Waals surface area contributed by atoms with E-state index in [1.807, 2.05) is 18.2 Å². The maximum atomic E-state index is 12.3. The summed E-state index contributed by atoms with van der Waals surface area (Å²) in [6, 6.07) is 14.5. The number of benzene rings is 2. The summed E-state index contributed by atoms with van der Waals surface area (Å²) in [4.78, 5) is 23.2. The quantitative estimate of drug-likeness (QED) is 0.885. The van der Waals surface area contributed by atoms with Crippen LogP contribution in [0.1, 0.15) is 31.2 Å². The van der Waals surface area contributed by atoms with Crippen LogP contribution in [0.4, 0.5) is 0 Å². The first-order valence-electron chi connectivity index (χ1n) is 8.62. The minimum absolute atomic E-state index is 0.0342. The fourth-order valence-electron chi connectivity index (χ4n) is 3.58. The van der Waals surface area contributed by atoms with Gasteiger partial charge in [-0.25, -0.2) is 0 Å². The van der Waals surface area contributed by atoms with Crippen LogP contribution in [0.5, 0.6) is 0 Å². The molecule has 0 spiro atoms.